The largest absolute Gasteiger partial charge is 0.417 e. The van der Waals surface area contributed by atoms with Crippen LogP contribution in [-0.2, 0) is 6.18 Å². The molecule has 8 heteroatoms. The third kappa shape index (κ3) is 2.97. The van der Waals surface area contributed by atoms with Gasteiger partial charge in [-0.15, -0.1) is 0 Å². The third-order valence-corrected chi connectivity index (χ3v) is 3.83. The second kappa shape index (κ2) is 6.14. The number of hydrogen-bond acceptors (Lipinski definition) is 4. The summed E-state index contributed by atoms with van der Waals surface area (Å²) in [5.74, 6) is 0.967. The van der Waals surface area contributed by atoms with Crippen LogP contribution in [0.2, 0.25) is 0 Å². The summed E-state index contributed by atoms with van der Waals surface area (Å²) in [6, 6.07) is 14.1. The van der Waals surface area contributed by atoms with Gasteiger partial charge in [0, 0.05) is 17.0 Å². The number of nitrogens with one attached hydrogen (secondary N) is 2. The molecule has 0 saturated heterocycles. The number of benzene rings is 2. The minimum atomic E-state index is -4.50. The average Bonchev–Trinajstić information content (AvgIpc) is 3.14. The number of hydrogen-bond donors (Lipinski definition) is 2. The molecule has 26 heavy (non-hydrogen) atoms. The second-order valence-electron chi connectivity index (χ2n) is 5.55. The fraction of sp³-hybridized carbons (Fsp3) is 0.0556. The molecule has 0 radical (unpaired) electrons. The van der Waals surface area contributed by atoms with Gasteiger partial charge in [0.05, 0.1) is 17.3 Å². The first kappa shape index (κ1) is 16.1. The minimum Gasteiger partial charge on any atom is -0.325 e. The lowest BCUT2D eigenvalue weighted by Crippen LogP contribution is -2.08. The molecule has 2 aromatic heterocycles. The number of nitrogens with zero attached hydrogens (tertiary/aromatic N) is 3. The van der Waals surface area contributed by atoms with E-state index in [-0.39, 0.29) is 11.4 Å². The first-order valence-electron chi connectivity index (χ1n) is 7.72. The lowest BCUT2D eigenvalue weighted by atomic mass is 10.1. The van der Waals surface area contributed by atoms with E-state index >= 15 is 0 Å². The Hall–Kier alpha value is -3.42. The Bertz CT molecular complexity index is 1060. The topological polar surface area (TPSA) is 66.5 Å². The Kier molecular flexibility index (Phi) is 3.80. The number of anilines is 2. The van der Waals surface area contributed by atoms with Gasteiger partial charge in [-0.1, -0.05) is 30.3 Å². The predicted molar refractivity (Wildman–Crippen MR) is 91.8 cm³/mol. The Morgan fingerprint density at radius 1 is 0.885 bits per heavy atom. The molecule has 2 heterocycles. The van der Waals surface area contributed by atoms with E-state index in [1.54, 1.807) is 30.5 Å². The van der Waals surface area contributed by atoms with Gasteiger partial charge in [-0.3, -0.25) is 5.10 Å². The highest BCUT2D eigenvalue weighted by Gasteiger charge is 2.34. The van der Waals surface area contributed by atoms with Gasteiger partial charge in [-0.05, 0) is 18.2 Å². The zero-order chi connectivity index (χ0) is 18.1. The Labute approximate surface area is 145 Å². The molecule has 0 aliphatic rings. The summed E-state index contributed by atoms with van der Waals surface area (Å²) >= 11 is 0. The van der Waals surface area contributed by atoms with Gasteiger partial charge in [0.15, 0.2) is 5.82 Å². The van der Waals surface area contributed by atoms with Gasteiger partial charge in [-0.25, -0.2) is 9.97 Å². The van der Waals surface area contributed by atoms with Crippen molar-refractivity contribution < 1.29 is 13.2 Å². The highest BCUT2D eigenvalue weighted by Crippen LogP contribution is 2.37. The Morgan fingerprint density at radius 3 is 2.42 bits per heavy atom. The number of halogens is 3. The van der Waals surface area contributed by atoms with E-state index in [0.717, 1.165) is 6.07 Å². The maximum Gasteiger partial charge on any atom is 0.417 e. The van der Waals surface area contributed by atoms with Crippen molar-refractivity contribution in [2.75, 3.05) is 5.32 Å². The smallest absolute Gasteiger partial charge is 0.325 e. The van der Waals surface area contributed by atoms with Gasteiger partial charge < -0.3 is 5.32 Å². The zero-order valence-corrected chi connectivity index (χ0v) is 13.2. The van der Waals surface area contributed by atoms with E-state index in [9.17, 15) is 13.2 Å². The number of alkyl halides is 3. The average molecular weight is 355 g/mol. The third-order valence-electron chi connectivity index (χ3n) is 3.83. The first-order chi connectivity index (χ1) is 12.5. The maximum absolute atomic E-state index is 13.4. The molecule has 0 amide bonds. The van der Waals surface area contributed by atoms with E-state index in [1.807, 2.05) is 6.07 Å². The van der Waals surface area contributed by atoms with Crippen LogP contribution in [0, 0.1) is 0 Å². The van der Waals surface area contributed by atoms with Crippen molar-refractivity contribution in [1.29, 1.82) is 0 Å². The van der Waals surface area contributed by atoms with Crippen molar-refractivity contribution >= 4 is 22.5 Å². The minimum absolute atomic E-state index is 0.00126. The summed E-state index contributed by atoms with van der Waals surface area (Å²) < 4.78 is 40.1. The molecule has 0 fully saturated rings. The zero-order valence-electron chi connectivity index (χ0n) is 13.2. The number of para-hydroxylation sites is 1. The van der Waals surface area contributed by atoms with E-state index in [4.69, 9.17) is 0 Å². The molecule has 0 unspecified atom stereocenters. The molecule has 0 aliphatic carbocycles. The molecular weight excluding hydrogens is 343 g/mol. The Morgan fingerprint density at radius 2 is 1.65 bits per heavy atom. The SMILES string of the molecule is FC(F)(F)c1ccccc1-c1nc(Nc2ccn[nH]2)c2ccccc2n1. The summed E-state index contributed by atoms with van der Waals surface area (Å²) in [4.78, 5) is 8.68. The van der Waals surface area contributed by atoms with Crippen LogP contribution in [-0.4, -0.2) is 20.2 Å². The van der Waals surface area contributed by atoms with Crippen LogP contribution in [0.3, 0.4) is 0 Å². The number of rotatable bonds is 3. The molecule has 0 atom stereocenters. The van der Waals surface area contributed by atoms with E-state index in [1.165, 1.54) is 18.2 Å². The lowest BCUT2D eigenvalue weighted by molar-refractivity contribution is -0.137. The monoisotopic (exact) mass is 355 g/mol. The Balaban J connectivity index is 1.92. The number of aromatic amines is 1. The van der Waals surface area contributed by atoms with E-state index in [0.29, 0.717) is 22.5 Å². The highest BCUT2D eigenvalue weighted by molar-refractivity contribution is 5.92. The van der Waals surface area contributed by atoms with Crippen LogP contribution in [0.5, 0.6) is 0 Å². The van der Waals surface area contributed by atoms with Crippen molar-refractivity contribution in [1.82, 2.24) is 20.2 Å². The summed E-state index contributed by atoms with van der Waals surface area (Å²) in [5, 5.41) is 10.3. The molecule has 4 aromatic rings. The van der Waals surface area contributed by atoms with Crippen LogP contribution >= 0.6 is 0 Å². The van der Waals surface area contributed by atoms with Crippen molar-refractivity contribution in [3.63, 3.8) is 0 Å². The normalized spacial score (nSPS) is 11.7. The molecule has 2 N–H and O–H groups in total. The molecule has 0 spiro atoms. The predicted octanol–water partition coefficient (Wildman–Crippen LogP) is 4.78. The molecule has 2 aromatic carbocycles. The van der Waals surface area contributed by atoms with Crippen molar-refractivity contribution in [3.8, 4) is 11.4 Å². The van der Waals surface area contributed by atoms with Crippen LogP contribution in [0.15, 0.2) is 60.8 Å². The lowest BCUT2D eigenvalue weighted by Gasteiger charge is -2.14. The van der Waals surface area contributed by atoms with Gasteiger partial charge in [0.25, 0.3) is 0 Å². The first-order valence-corrected chi connectivity index (χ1v) is 7.72. The molecule has 0 bridgehead atoms. The van der Waals surface area contributed by atoms with Crippen LogP contribution < -0.4 is 5.32 Å². The van der Waals surface area contributed by atoms with Gasteiger partial charge in [-0.2, -0.15) is 18.3 Å². The number of aromatic nitrogens is 4. The summed E-state index contributed by atoms with van der Waals surface area (Å²) in [6.45, 7) is 0. The second-order valence-corrected chi connectivity index (χ2v) is 5.55. The molecule has 0 aliphatic heterocycles. The summed E-state index contributed by atoms with van der Waals surface area (Å²) in [7, 11) is 0. The molecule has 5 nitrogen and oxygen atoms in total. The number of H-pyrrole nitrogens is 1. The molecule has 4 rings (SSSR count). The van der Waals surface area contributed by atoms with Crippen LogP contribution in [0.1, 0.15) is 5.56 Å². The van der Waals surface area contributed by atoms with Crippen LogP contribution in [0.25, 0.3) is 22.3 Å². The fourth-order valence-corrected chi connectivity index (χ4v) is 2.67. The van der Waals surface area contributed by atoms with Gasteiger partial charge in [0.2, 0.25) is 0 Å². The van der Waals surface area contributed by atoms with Crippen LogP contribution in [0.4, 0.5) is 24.8 Å². The number of fused-ring (bicyclic) bond motifs is 1. The van der Waals surface area contributed by atoms with Crippen molar-refractivity contribution in [3.05, 3.63) is 66.4 Å². The van der Waals surface area contributed by atoms with Crippen molar-refractivity contribution in [2.45, 2.75) is 6.18 Å². The van der Waals surface area contributed by atoms with Gasteiger partial charge in [0.1, 0.15) is 11.6 Å². The summed E-state index contributed by atoms with van der Waals surface area (Å²) in [6.07, 6.45) is -2.94. The quantitative estimate of drug-likeness (QED) is 0.555. The standard InChI is InChI=1S/C18H12F3N5/c19-18(20,21)13-7-3-1-5-11(13)16-23-14-8-4-2-6-12(14)17(25-16)24-15-9-10-22-26-15/h1-10H,(H2,22,23,24,25,26). The molecular formula is C18H12F3N5. The maximum atomic E-state index is 13.4. The molecule has 130 valence electrons. The highest BCUT2D eigenvalue weighted by atomic mass is 19.4. The van der Waals surface area contributed by atoms with E-state index < -0.39 is 11.7 Å². The fourth-order valence-electron chi connectivity index (χ4n) is 2.67. The van der Waals surface area contributed by atoms with E-state index in [2.05, 4.69) is 25.5 Å². The van der Waals surface area contributed by atoms with Gasteiger partial charge >= 0.3 is 6.18 Å². The molecule has 0 saturated carbocycles. The summed E-state index contributed by atoms with van der Waals surface area (Å²) in [5.41, 5.74) is -0.308. The van der Waals surface area contributed by atoms with Crippen molar-refractivity contribution in [2.24, 2.45) is 0 Å².